The van der Waals surface area contributed by atoms with Crippen LogP contribution in [0.2, 0.25) is 0 Å². The summed E-state index contributed by atoms with van der Waals surface area (Å²) in [6.07, 6.45) is 0. The van der Waals surface area contributed by atoms with Gasteiger partial charge in [0, 0.05) is 11.3 Å². The van der Waals surface area contributed by atoms with Crippen molar-refractivity contribution in [3.63, 3.8) is 0 Å². The Morgan fingerprint density at radius 3 is 2.30 bits per heavy atom. The number of nitrogens with one attached hydrogen (secondary N) is 1. The molecular formula is C19H21NO6S. The van der Waals surface area contributed by atoms with E-state index in [1.807, 2.05) is 0 Å². The summed E-state index contributed by atoms with van der Waals surface area (Å²) in [6.45, 7) is 5.63. The fraction of sp³-hybridized carbons (Fsp3) is 0.316. The van der Waals surface area contributed by atoms with Crippen LogP contribution in [0.3, 0.4) is 0 Å². The fourth-order valence-corrected chi connectivity index (χ4v) is 3.98. The number of H-pyrrole nitrogens is 1. The molecule has 0 saturated carbocycles. The van der Waals surface area contributed by atoms with Gasteiger partial charge in [-0.15, -0.1) is 0 Å². The lowest BCUT2D eigenvalue weighted by molar-refractivity contribution is 0.0469. The zero-order chi connectivity index (χ0) is 20.4. The van der Waals surface area contributed by atoms with E-state index in [-0.39, 0.29) is 27.7 Å². The third-order valence-corrected chi connectivity index (χ3v) is 6.01. The molecule has 2 rings (SSSR count). The number of carbonyl (C=O) groups is 3. The molecule has 0 bridgehead atoms. The second kappa shape index (κ2) is 7.87. The molecule has 1 aromatic carbocycles. The Morgan fingerprint density at radius 2 is 1.74 bits per heavy atom. The number of rotatable bonds is 7. The second-order valence-corrected chi connectivity index (χ2v) is 8.33. The Hall–Kier alpha value is -2.74. The normalized spacial score (nSPS) is 11.3. The number of carbonyl (C=O) groups excluding carboxylic acids is 3. The van der Waals surface area contributed by atoms with E-state index in [2.05, 4.69) is 4.98 Å². The summed E-state index contributed by atoms with van der Waals surface area (Å²) < 4.78 is 29.3. The number of hydrogen-bond donors (Lipinski definition) is 1. The van der Waals surface area contributed by atoms with Crippen molar-refractivity contribution in [1.29, 1.82) is 0 Å². The van der Waals surface area contributed by atoms with Crippen LogP contribution in [0.5, 0.6) is 0 Å². The van der Waals surface area contributed by atoms with Crippen LogP contribution in [-0.2, 0) is 14.6 Å². The van der Waals surface area contributed by atoms with Gasteiger partial charge in [0.05, 0.1) is 21.9 Å². The monoisotopic (exact) mass is 391 g/mol. The van der Waals surface area contributed by atoms with Crippen molar-refractivity contribution in [2.75, 3.05) is 12.4 Å². The van der Waals surface area contributed by atoms with Gasteiger partial charge in [0.1, 0.15) is 0 Å². The van der Waals surface area contributed by atoms with E-state index in [0.29, 0.717) is 16.8 Å². The van der Waals surface area contributed by atoms with E-state index in [0.717, 1.165) is 0 Å². The molecule has 7 nitrogen and oxygen atoms in total. The largest absolute Gasteiger partial charge is 0.454 e. The van der Waals surface area contributed by atoms with E-state index in [4.69, 9.17) is 4.74 Å². The van der Waals surface area contributed by atoms with Crippen LogP contribution in [0.15, 0.2) is 29.2 Å². The van der Waals surface area contributed by atoms with E-state index in [9.17, 15) is 22.8 Å². The molecule has 0 atom stereocenters. The SMILES string of the molecule is CCS(=O)(=O)c1ccccc1C(=O)OCC(=O)c1[nH]c(C)c(C(C)=O)c1C. The van der Waals surface area contributed by atoms with Gasteiger partial charge in [-0.1, -0.05) is 19.1 Å². The number of aryl methyl sites for hydroxylation is 1. The van der Waals surface area contributed by atoms with Crippen LogP contribution in [-0.4, -0.2) is 43.3 Å². The van der Waals surface area contributed by atoms with E-state index < -0.39 is 28.2 Å². The van der Waals surface area contributed by atoms with Crippen LogP contribution in [0.1, 0.15) is 56.3 Å². The Bertz CT molecular complexity index is 1020. The van der Waals surface area contributed by atoms with E-state index >= 15 is 0 Å². The molecule has 1 heterocycles. The van der Waals surface area contributed by atoms with Crippen molar-refractivity contribution in [1.82, 2.24) is 4.98 Å². The highest BCUT2D eigenvalue weighted by atomic mass is 32.2. The first kappa shape index (κ1) is 20.6. The Labute approximate surface area is 157 Å². The number of aromatic nitrogens is 1. The van der Waals surface area contributed by atoms with Crippen LogP contribution in [0.4, 0.5) is 0 Å². The summed E-state index contributed by atoms with van der Waals surface area (Å²) in [6, 6.07) is 5.70. The number of benzene rings is 1. The lowest BCUT2D eigenvalue weighted by Crippen LogP contribution is -2.18. The quantitative estimate of drug-likeness (QED) is 0.574. The molecule has 0 saturated heterocycles. The van der Waals surface area contributed by atoms with Crippen molar-refractivity contribution in [2.45, 2.75) is 32.6 Å². The average molecular weight is 391 g/mol. The molecular weight excluding hydrogens is 370 g/mol. The molecule has 144 valence electrons. The summed E-state index contributed by atoms with van der Waals surface area (Å²) >= 11 is 0. The predicted octanol–water partition coefficient (Wildman–Crippen LogP) is 2.67. The molecule has 1 N–H and O–H groups in total. The third kappa shape index (κ3) is 4.16. The smallest absolute Gasteiger partial charge is 0.339 e. The Morgan fingerprint density at radius 1 is 1.11 bits per heavy atom. The van der Waals surface area contributed by atoms with Crippen LogP contribution in [0, 0.1) is 13.8 Å². The maximum Gasteiger partial charge on any atom is 0.339 e. The number of sulfone groups is 1. The van der Waals surface area contributed by atoms with Gasteiger partial charge in [-0.3, -0.25) is 9.59 Å². The van der Waals surface area contributed by atoms with Crippen LogP contribution < -0.4 is 0 Å². The summed E-state index contributed by atoms with van der Waals surface area (Å²) in [5.74, 6) is -1.74. The van der Waals surface area contributed by atoms with Crippen molar-refractivity contribution >= 4 is 27.4 Å². The molecule has 0 radical (unpaired) electrons. The summed E-state index contributed by atoms with van der Waals surface area (Å²) in [5.41, 5.74) is 1.57. The molecule has 0 fully saturated rings. The highest BCUT2D eigenvalue weighted by molar-refractivity contribution is 7.91. The van der Waals surface area contributed by atoms with Gasteiger partial charge in [-0.25, -0.2) is 13.2 Å². The molecule has 0 amide bonds. The molecule has 0 unspecified atom stereocenters. The maximum absolute atomic E-state index is 12.4. The molecule has 0 aliphatic heterocycles. The Balaban J connectivity index is 2.22. The van der Waals surface area contributed by atoms with Crippen LogP contribution in [0.25, 0.3) is 0 Å². The first-order valence-corrected chi connectivity index (χ1v) is 9.97. The Kier molecular flexibility index (Phi) is 6.00. The fourth-order valence-electron chi connectivity index (χ4n) is 2.90. The summed E-state index contributed by atoms with van der Waals surface area (Å²) in [5, 5.41) is 0. The van der Waals surface area contributed by atoms with Crippen molar-refractivity contribution in [3.8, 4) is 0 Å². The molecule has 2 aromatic rings. The predicted molar refractivity (Wildman–Crippen MR) is 99.1 cm³/mol. The topological polar surface area (TPSA) is 110 Å². The minimum absolute atomic E-state index is 0.115. The van der Waals surface area contributed by atoms with Crippen molar-refractivity contribution in [2.24, 2.45) is 0 Å². The zero-order valence-electron chi connectivity index (χ0n) is 15.6. The van der Waals surface area contributed by atoms with Gasteiger partial charge < -0.3 is 9.72 Å². The van der Waals surface area contributed by atoms with E-state index in [1.54, 1.807) is 13.8 Å². The van der Waals surface area contributed by atoms with Gasteiger partial charge in [0.25, 0.3) is 0 Å². The third-order valence-electron chi connectivity index (χ3n) is 4.22. The molecule has 1 aromatic heterocycles. The number of aromatic amines is 1. The van der Waals surface area contributed by atoms with E-state index in [1.165, 1.54) is 38.1 Å². The zero-order valence-corrected chi connectivity index (χ0v) is 16.4. The average Bonchev–Trinajstić information content (AvgIpc) is 2.93. The minimum Gasteiger partial charge on any atom is -0.454 e. The van der Waals surface area contributed by atoms with Crippen molar-refractivity contribution < 1.29 is 27.5 Å². The lowest BCUT2D eigenvalue weighted by atomic mass is 10.1. The molecule has 27 heavy (non-hydrogen) atoms. The van der Waals surface area contributed by atoms with Crippen molar-refractivity contribution in [3.05, 3.63) is 52.3 Å². The number of Topliss-reactive ketones (excluding diaryl/α,β-unsaturated/α-hetero) is 2. The first-order chi connectivity index (χ1) is 12.6. The number of esters is 1. The molecule has 8 heteroatoms. The maximum atomic E-state index is 12.4. The van der Waals surface area contributed by atoms with Gasteiger partial charge >= 0.3 is 5.97 Å². The highest BCUT2D eigenvalue weighted by Crippen LogP contribution is 2.20. The standard InChI is InChI=1S/C19H21NO6S/c1-5-27(24,25)16-9-7-6-8-14(16)19(23)26-10-15(22)18-11(2)17(13(4)21)12(3)20-18/h6-9,20H,5,10H2,1-4H3. The molecule has 0 spiro atoms. The first-order valence-electron chi connectivity index (χ1n) is 8.32. The number of ether oxygens (including phenoxy) is 1. The van der Waals surface area contributed by atoms with Gasteiger partial charge in [-0.05, 0) is 38.5 Å². The minimum atomic E-state index is -3.61. The summed E-state index contributed by atoms with van der Waals surface area (Å²) in [4.78, 5) is 39.1. The number of hydrogen-bond acceptors (Lipinski definition) is 6. The van der Waals surface area contributed by atoms with Gasteiger partial charge in [0.15, 0.2) is 22.2 Å². The second-order valence-electron chi connectivity index (χ2n) is 6.08. The molecule has 0 aliphatic carbocycles. The van der Waals surface area contributed by atoms with Gasteiger partial charge in [-0.2, -0.15) is 0 Å². The lowest BCUT2D eigenvalue weighted by Gasteiger charge is -2.09. The molecule has 0 aliphatic rings. The van der Waals surface area contributed by atoms with Crippen LogP contribution >= 0.6 is 0 Å². The highest BCUT2D eigenvalue weighted by Gasteiger charge is 2.24. The van der Waals surface area contributed by atoms with Gasteiger partial charge in [0.2, 0.25) is 5.78 Å². The number of ketones is 2. The summed E-state index contributed by atoms with van der Waals surface area (Å²) in [7, 11) is -3.61.